The number of amides is 1. The van der Waals surface area contributed by atoms with E-state index in [0.29, 0.717) is 34.6 Å². The first-order valence-electron chi connectivity index (χ1n) is 9.39. The number of methoxy groups -OCH3 is 1. The second-order valence-electron chi connectivity index (χ2n) is 6.58. The van der Waals surface area contributed by atoms with Gasteiger partial charge in [0.05, 0.1) is 24.9 Å². The van der Waals surface area contributed by atoms with E-state index in [2.05, 4.69) is 15.7 Å². The summed E-state index contributed by atoms with van der Waals surface area (Å²) in [5.74, 6) is 6.73. The molecule has 2 aromatic carbocycles. The van der Waals surface area contributed by atoms with Gasteiger partial charge in [-0.05, 0) is 36.8 Å². The van der Waals surface area contributed by atoms with Gasteiger partial charge < -0.3 is 15.5 Å². The van der Waals surface area contributed by atoms with Gasteiger partial charge >= 0.3 is 0 Å². The maximum absolute atomic E-state index is 12.4. The molecule has 4 N–H and O–H groups in total. The highest BCUT2D eigenvalue weighted by Gasteiger charge is 2.25. The van der Waals surface area contributed by atoms with E-state index < -0.39 is 6.04 Å². The van der Waals surface area contributed by atoms with Crippen LogP contribution in [0.25, 0.3) is 0 Å². The second-order valence-corrected chi connectivity index (χ2v) is 7.02. The molecule has 1 atom stereocenters. The monoisotopic (exact) mass is 413 g/mol. The molecule has 0 saturated carbocycles. The van der Waals surface area contributed by atoms with Crippen molar-refractivity contribution in [2.75, 3.05) is 13.7 Å². The Hall–Kier alpha value is -2.90. The topological polar surface area (TPSA) is 101 Å². The van der Waals surface area contributed by atoms with Gasteiger partial charge in [0.15, 0.2) is 0 Å². The minimum atomic E-state index is -0.555. The van der Waals surface area contributed by atoms with Gasteiger partial charge in [0.25, 0.3) is 0 Å². The minimum absolute atomic E-state index is 0.109. The van der Waals surface area contributed by atoms with E-state index >= 15 is 0 Å². The quantitative estimate of drug-likeness (QED) is 0.500. The van der Waals surface area contributed by atoms with Crippen LogP contribution in [-0.4, -0.2) is 37.2 Å². The van der Waals surface area contributed by atoms with Crippen LogP contribution in [0.4, 0.5) is 5.69 Å². The minimum Gasteiger partial charge on any atom is -0.497 e. The predicted octanol–water partition coefficient (Wildman–Crippen LogP) is 2.98. The third kappa shape index (κ3) is 4.93. The first-order chi connectivity index (χ1) is 14.0. The van der Waals surface area contributed by atoms with Crippen molar-refractivity contribution in [2.45, 2.75) is 25.8 Å². The zero-order valence-electron chi connectivity index (χ0n) is 16.4. The summed E-state index contributed by atoms with van der Waals surface area (Å²) in [5, 5.41) is 3.51. The molecule has 1 amide bonds. The maximum Gasteiger partial charge on any atom is 0.222 e. The number of nitrogens with one attached hydrogen (secondary N) is 2. The maximum atomic E-state index is 12.4. The Bertz CT molecular complexity index is 941. The number of hydrazine groups is 1. The van der Waals surface area contributed by atoms with Crippen LogP contribution in [0.1, 0.15) is 30.9 Å². The lowest BCUT2D eigenvalue weighted by Crippen LogP contribution is -2.41. The van der Waals surface area contributed by atoms with Gasteiger partial charge in [-0.3, -0.25) is 9.79 Å². The zero-order valence-corrected chi connectivity index (χ0v) is 17.2. The SMILES string of the molecule is CCCNC(=O)C[C@@H]1N=C(c2ccc(Cl)cc2)c2cc(OC)ccc2N=C1NN. The van der Waals surface area contributed by atoms with Crippen molar-refractivity contribution in [3.63, 3.8) is 0 Å². The summed E-state index contributed by atoms with van der Waals surface area (Å²) in [6, 6.07) is 12.4. The van der Waals surface area contributed by atoms with Crippen LogP contribution in [0.2, 0.25) is 5.02 Å². The van der Waals surface area contributed by atoms with Crippen LogP contribution in [0.5, 0.6) is 5.75 Å². The van der Waals surface area contributed by atoms with E-state index in [-0.39, 0.29) is 12.3 Å². The zero-order chi connectivity index (χ0) is 20.8. The molecular weight excluding hydrogens is 390 g/mol. The Labute approximate surface area is 175 Å². The van der Waals surface area contributed by atoms with Crippen LogP contribution >= 0.6 is 11.6 Å². The third-order valence-corrected chi connectivity index (χ3v) is 4.77. The van der Waals surface area contributed by atoms with E-state index in [1.807, 2.05) is 37.3 Å². The first-order valence-corrected chi connectivity index (χ1v) is 9.77. The lowest BCUT2D eigenvalue weighted by atomic mass is 10.00. The number of aliphatic imine (C=N–C) groups is 2. The Kier molecular flexibility index (Phi) is 6.85. The van der Waals surface area contributed by atoms with Gasteiger partial charge in [-0.25, -0.2) is 10.8 Å². The first kappa shape index (κ1) is 20.8. The summed E-state index contributed by atoms with van der Waals surface area (Å²) in [7, 11) is 1.61. The molecule has 0 unspecified atom stereocenters. The fourth-order valence-electron chi connectivity index (χ4n) is 3.04. The van der Waals surface area contributed by atoms with Crippen molar-refractivity contribution in [3.05, 3.63) is 58.6 Å². The summed E-state index contributed by atoms with van der Waals surface area (Å²) >= 11 is 6.06. The molecular formula is C21H24ClN5O2. The smallest absolute Gasteiger partial charge is 0.222 e. The second kappa shape index (κ2) is 9.54. The number of nitrogens with two attached hydrogens (primary N) is 1. The van der Waals surface area contributed by atoms with Crippen molar-refractivity contribution in [1.29, 1.82) is 0 Å². The summed E-state index contributed by atoms with van der Waals surface area (Å²) < 4.78 is 5.38. The number of rotatable bonds is 6. The van der Waals surface area contributed by atoms with Gasteiger partial charge in [-0.2, -0.15) is 0 Å². The molecule has 0 saturated heterocycles. The summed E-state index contributed by atoms with van der Waals surface area (Å²) in [5.41, 5.74) is 5.64. The molecule has 2 aromatic rings. The molecule has 1 heterocycles. The standard InChI is InChI=1S/C21H24ClN5O2/c1-3-10-24-19(28)12-18-21(27-23)26-17-9-8-15(29-2)11-16(17)20(25-18)13-4-6-14(22)7-5-13/h4-9,11,18H,3,10,12,23H2,1-2H3,(H,24,28)(H,26,27)/t18-/m0/s1. The number of hydrogen-bond acceptors (Lipinski definition) is 6. The Morgan fingerprint density at radius 3 is 2.66 bits per heavy atom. The number of carbonyl (C=O) groups is 1. The molecule has 0 aliphatic carbocycles. The van der Waals surface area contributed by atoms with E-state index in [1.165, 1.54) is 0 Å². The van der Waals surface area contributed by atoms with Crippen LogP contribution in [0.15, 0.2) is 52.4 Å². The summed E-state index contributed by atoms with van der Waals surface area (Å²) in [6.07, 6.45) is 0.988. The fourth-order valence-corrected chi connectivity index (χ4v) is 3.17. The molecule has 1 aliphatic rings. The highest BCUT2D eigenvalue weighted by atomic mass is 35.5. The van der Waals surface area contributed by atoms with Gasteiger partial charge in [-0.1, -0.05) is 30.7 Å². The Balaban J connectivity index is 2.11. The lowest BCUT2D eigenvalue weighted by Gasteiger charge is -2.15. The normalized spacial score (nSPS) is 15.5. The molecule has 0 aromatic heterocycles. The number of halogens is 1. The van der Waals surface area contributed by atoms with Gasteiger partial charge in [-0.15, -0.1) is 0 Å². The van der Waals surface area contributed by atoms with Crippen molar-refractivity contribution >= 4 is 34.7 Å². The van der Waals surface area contributed by atoms with Crippen LogP contribution in [0.3, 0.4) is 0 Å². The number of hydrogen-bond donors (Lipinski definition) is 3. The van der Waals surface area contributed by atoms with Crippen molar-refractivity contribution in [3.8, 4) is 5.75 Å². The summed E-state index contributed by atoms with van der Waals surface area (Å²) in [6.45, 7) is 2.61. The molecule has 7 nitrogen and oxygen atoms in total. The number of benzene rings is 2. The van der Waals surface area contributed by atoms with Gasteiger partial charge in [0.1, 0.15) is 17.6 Å². The molecule has 29 heavy (non-hydrogen) atoms. The molecule has 152 valence electrons. The average Bonchev–Trinajstić information content (AvgIpc) is 2.89. The molecule has 3 rings (SSSR count). The Morgan fingerprint density at radius 1 is 1.24 bits per heavy atom. The average molecular weight is 414 g/mol. The van der Waals surface area contributed by atoms with Crippen molar-refractivity contribution < 1.29 is 9.53 Å². The van der Waals surface area contributed by atoms with E-state index in [0.717, 1.165) is 17.5 Å². The van der Waals surface area contributed by atoms with Crippen molar-refractivity contribution in [2.24, 2.45) is 15.8 Å². The Morgan fingerprint density at radius 2 is 2.00 bits per heavy atom. The van der Waals surface area contributed by atoms with Crippen LogP contribution in [0, 0.1) is 0 Å². The van der Waals surface area contributed by atoms with E-state index in [4.69, 9.17) is 27.2 Å². The van der Waals surface area contributed by atoms with Gasteiger partial charge in [0, 0.05) is 22.7 Å². The van der Waals surface area contributed by atoms with E-state index in [1.54, 1.807) is 19.2 Å². The summed E-state index contributed by atoms with van der Waals surface area (Å²) in [4.78, 5) is 21.9. The van der Waals surface area contributed by atoms with Crippen molar-refractivity contribution in [1.82, 2.24) is 10.7 Å². The number of nitrogens with zero attached hydrogens (tertiary/aromatic N) is 2. The molecule has 0 bridgehead atoms. The van der Waals surface area contributed by atoms with Crippen LogP contribution in [-0.2, 0) is 4.79 Å². The number of amidine groups is 1. The molecule has 1 aliphatic heterocycles. The molecule has 0 spiro atoms. The fraction of sp³-hybridized carbons (Fsp3) is 0.286. The largest absolute Gasteiger partial charge is 0.497 e. The molecule has 0 radical (unpaired) electrons. The highest BCUT2D eigenvalue weighted by Crippen LogP contribution is 2.31. The highest BCUT2D eigenvalue weighted by molar-refractivity contribution is 6.30. The number of carbonyl (C=O) groups excluding carboxylic acids is 1. The third-order valence-electron chi connectivity index (χ3n) is 4.52. The van der Waals surface area contributed by atoms with Gasteiger partial charge in [0.2, 0.25) is 5.91 Å². The predicted molar refractivity (Wildman–Crippen MR) is 116 cm³/mol. The molecule has 8 heteroatoms. The lowest BCUT2D eigenvalue weighted by molar-refractivity contribution is -0.121. The number of fused-ring (bicyclic) bond motifs is 1. The van der Waals surface area contributed by atoms with E-state index in [9.17, 15) is 4.79 Å². The van der Waals surface area contributed by atoms with Crippen LogP contribution < -0.4 is 21.3 Å². The number of ether oxygens (including phenoxy) is 1. The molecule has 0 fully saturated rings.